The highest BCUT2D eigenvalue weighted by atomic mass is 16.6. The van der Waals surface area contributed by atoms with Gasteiger partial charge in [0.2, 0.25) is 0 Å². The van der Waals surface area contributed by atoms with Crippen LogP contribution < -0.4 is 19.1 Å². The van der Waals surface area contributed by atoms with Crippen molar-refractivity contribution in [2.45, 2.75) is 148 Å². The van der Waals surface area contributed by atoms with Crippen molar-refractivity contribution in [2.24, 2.45) is 11.3 Å². The lowest BCUT2D eigenvalue weighted by Gasteiger charge is -2.47. The van der Waals surface area contributed by atoms with Gasteiger partial charge >= 0.3 is 11.9 Å². The number of carbonyl (C=O) groups excluding carboxylic acids is 2. The first-order chi connectivity index (χ1) is 36.1. The van der Waals surface area contributed by atoms with E-state index in [1.807, 2.05) is 32.9 Å². The Morgan fingerprint density at radius 3 is 2.12 bits per heavy atom. The van der Waals surface area contributed by atoms with E-state index in [2.05, 4.69) is 131 Å². The van der Waals surface area contributed by atoms with E-state index in [0.717, 1.165) is 84.5 Å². The number of hydrogen-bond donors (Lipinski definition) is 0. The zero-order valence-electron chi connectivity index (χ0n) is 46.2. The molecule has 2 aliphatic carbocycles. The third-order valence-corrected chi connectivity index (χ3v) is 17.6. The van der Waals surface area contributed by atoms with E-state index < -0.39 is 23.1 Å². The standard InChI is InChI=1S/C65H81NO9/c1-10-13-31-61(5,6)73-44-45(4)62(7,8)74-57(68)29-28-56(67)72-42-41-71-49-24-20-47(21-25-49)65(46-18-22-48(23-19-46)66-37-39-70-40-38-66)32-30-53-59-58(51-27-26-50(69-9)43-54(51)60(53)75-65)52-16-14-15-17-55(52)64(59)35-33-63(11-2,12-3)34-36-64/h14-27,30,32,43,45H,10-13,28-29,31,33-42,44H2,1-9H3. The van der Waals surface area contributed by atoms with E-state index in [-0.39, 0.29) is 43.0 Å². The van der Waals surface area contributed by atoms with Gasteiger partial charge in [-0.1, -0.05) is 108 Å². The quantitative estimate of drug-likeness (QED) is 0.0521. The molecule has 0 N–H and O–H groups in total. The molecule has 400 valence electrons. The molecular formula is C65H81NO9. The molecule has 2 aliphatic heterocycles. The van der Waals surface area contributed by atoms with Crippen molar-refractivity contribution in [1.82, 2.24) is 0 Å². The molecule has 9 rings (SSSR count). The topological polar surface area (TPSA) is 102 Å². The lowest BCUT2D eigenvalue weighted by Crippen LogP contribution is -2.39. The summed E-state index contributed by atoms with van der Waals surface area (Å²) in [6, 6.07) is 32.5. The molecule has 0 bridgehead atoms. The summed E-state index contributed by atoms with van der Waals surface area (Å²) in [4.78, 5) is 28.0. The number of fused-ring (bicyclic) bond motifs is 10. The largest absolute Gasteiger partial charge is 0.497 e. The average Bonchev–Trinajstić information content (AvgIpc) is 3.72. The van der Waals surface area contributed by atoms with E-state index in [1.165, 1.54) is 53.3 Å². The second-order valence-electron chi connectivity index (χ2n) is 22.8. The van der Waals surface area contributed by atoms with Crippen LogP contribution in [-0.4, -0.2) is 76.4 Å². The third-order valence-electron chi connectivity index (χ3n) is 17.6. The van der Waals surface area contributed by atoms with E-state index >= 15 is 0 Å². The Morgan fingerprint density at radius 1 is 0.773 bits per heavy atom. The summed E-state index contributed by atoms with van der Waals surface area (Å²) in [7, 11) is 1.73. The van der Waals surface area contributed by atoms with Gasteiger partial charge in [-0.3, -0.25) is 9.59 Å². The first-order valence-corrected chi connectivity index (χ1v) is 27.9. The molecule has 2 heterocycles. The first-order valence-electron chi connectivity index (χ1n) is 27.9. The molecule has 2 atom stereocenters. The monoisotopic (exact) mass is 1020 g/mol. The van der Waals surface area contributed by atoms with Crippen molar-refractivity contribution in [3.8, 4) is 28.4 Å². The van der Waals surface area contributed by atoms with Gasteiger partial charge in [-0.05, 0) is 141 Å². The number of hydrogen-bond acceptors (Lipinski definition) is 10. The lowest BCUT2D eigenvalue weighted by atomic mass is 9.58. The fraction of sp³-hybridized carbons (Fsp3) is 0.508. The number of nitrogens with zero attached hydrogens (tertiary/aromatic N) is 1. The van der Waals surface area contributed by atoms with Gasteiger partial charge in [0.05, 0.1) is 45.4 Å². The molecule has 0 radical (unpaired) electrons. The van der Waals surface area contributed by atoms with Crippen molar-refractivity contribution in [3.63, 3.8) is 0 Å². The van der Waals surface area contributed by atoms with Gasteiger partial charge in [0, 0.05) is 52.2 Å². The summed E-state index contributed by atoms with van der Waals surface area (Å²) in [5, 5.41) is 2.19. The zero-order chi connectivity index (χ0) is 53.0. The molecule has 5 aromatic rings. The Bertz CT molecular complexity index is 2830. The first kappa shape index (κ1) is 54.0. The molecule has 2 unspecified atom stereocenters. The fourth-order valence-electron chi connectivity index (χ4n) is 12.2. The van der Waals surface area contributed by atoms with E-state index in [9.17, 15) is 9.59 Å². The van der Waals surface area contributed by atoms with Crippen LogP contribution in [0, 0.1) is 11.3 Å². The Hall–Kier alpha value is -5.84. The molecular weight excluding hydrogens is 939 g/mol. The van der Waals surface area contributed by atoms with Gasteiger partial charge in [0.1, 0.15) is 36.1 Å². The van der Waals surface area contributed by atoms with Crippen LogP contribution in [0.3, 0.4) is 0 Å². The second kappa shape index (κ2) is 22.4. The normalized spacial score (nSPS) is 18.9. The molecule has 1 saturated heterocycles. The van der Waals surface area contributed by atoms with Gasteiger partial charge in [-0.25, -0.2) is 0 Å². The van der Waals surface area contributed by atoms with Crippen LogP contribution in [0.5, 0.6) is 17.2 Å². The molecule has 1 spiro atoms. The SMILES string of the molecule is CCCCC(C)(C)OCC(C)C(C)(C)OC(=O)CCC(=O)OCCOc1ccc(C2(c3ccc(N4CCOCC4)cc3)C=Cc3c4c(c5ccc(OC)cc5c3O2)-c2ccccc2C42CCC(CC)(CC)CC2)cc1. The highest BCUT2D eigenvalue weighted by Crippen LogP contribution is 2.64. The maximum atomic E-state index is 12.9. The van der Waals surface area contributed by atoms with Crippen molar-refractivity contribution in [2.75, 3.05) is 58.1 Å². The predicted octanol–water partition coefficient (Wildman–Crippen LogP) is 14.3. The fourth-order valence-corrected chi connectivity index (χ4v) is 12.2. The highest BCUT2D eigenvalue weighted by molar-refractivity contribution is 6.09. The molecule has 2 fully saturated rings. The molecule has 0 aromatic heterocycles. The molecule has 1 saturated carbocycles. The van der Waals surface area contributed by atoms with Crippen LogP contribution in [-0.2, 0) is 39.6 Å². The number of ether oxygens (including phenoxy) is 7. The van der Waals surface area contributed by atoms with Crippen LogP contribution in [0.1, 0.15) is 154 Å². The van der Waals surface area contributed by atoms with Crippen molar-refractivity contribution in [1.29, 1.82) is 0 Å². The minimum atomic E-state index is -1.01. The van der Waals surface area contributed by atoms with Gasteiger partial charge in [-0.2, -0.15) is 0 Å². The van der Waals surface area contributed by atoms with Crippen LogP contribution in [0.15, 0.2) is 97.1 Å². The Labute approximate surface area is 446 Å². The predicted molar refractivity (Wildman–Crippen MR) is 299 cm³/mol. The number of carbonyl (C=O) groups is 2. The number of anilines is 1. The minimum Gasteiger partial charge on any atom is -0.497 e. The smallest absolute Gasteiger partial charge is 0.306 e. The molecule has 4 aliphatic rings. The highest BCUT2D eigenvalue weighted by Gasteiger charge is 2.52. The van der Waals surface area contributed by atoms with Crippen LogP contribution >= 0.6 is 0 Å². The van der Waals surface area contributed by atoms with Gasteiger partial charge in [0.15, 0.2) is 5.60 Å². The summed E-state index contributed by atoms with van der Waals surface area (Å²) < 4.78 is 43.1. The molecule has 75 heavy (non-hydrogen) atoms. The van der Waals surface area contributed by atoms with Crippen molar-refractivity contribution >= 4 is 34.5 Å². The number of methoxy groups -OCH3 is 1. The van der Waals surface area contributed by atoms with Gasteiger partial charge in [-0.15, -0.1) is 0 Å². The van der Waals surface area contributed by atoms with Crippen molar-refractivity contribution in [3.05, 3.63) is 125 Å². The summed E-state index contributed by atoms with van der Waals surface area (Å²) in [5.74, 6) is 1.30. The molecule has 10 heteroatoms. The summed E-state index contributed by atoms with van der Waals surface area (Å²) in [6.07, 6.45) is 14.6. The van der Waals surface area contributed by atoms with Gasteiger partial charge < -0.3 is 38.1 Å². The average molecular weight is 1020 g/mol. The molecule has 10 nitrogen and oxygen atoms in total. The number of unbranched alkanes of at least 4 members (excludes halogenated alkanes) is 1. The van der Waals surface area contributed by atoms with Crippen LogP contribution in [0.2, 0.25) is 0 Å². The Balaban J connectivity index is 0.949. The third kappa shape index (κ3) is 10.9. The Morgan fingerprint density at radius 2 is 1.44 bits per heavy atom. The summed E-state index contributed by atoms with van der Waals surface area (Å²) in [6.45, 7) is 20.7. The Kier molecular flexibility index (Phi) is 16.1. The number of morpholine rings is 1. The van der Waals surface area contributed by atoms with Crippen molar-refractivity contribution < 1.29 is 42.7 Å². The summed E-state index contributed by atoms with van der Waals surface area (Å²) in [5.41, 5.74) is 7.94. The summed E-state index contributed by atoms with van der Waals surface area (Å²) >= 11 is 0. The number of rotatable bonds is 21. The molecule has 5 aromatic carbocycles. The van der Waals surface area contributed by atoms with E-state index in [0.29, 0.717) is 31.0 Å². The van der Waals surface area contributed by atoms with E-state index in [1.54, 1.807) is 7.11 Å². The van der Waals surface area contributed by atoms with Crippen LogP contribution in [0.25, 0.3) is 28.0 Å². The second-order valence-corrected chi connectivity index (χ2v) is 22.8. The lowest BCUT2D eigenvalue weighted by molar-refractivity contribution is -0.167. The maximum absolute atomic E-state index is 12.9. The zero-order valence-corrected chi connectivity index (χ0v) is 46.2. The number of benzene rings is 5. The van der Waals surface area contributed by atoms with E-state index in [4.69, 9.17) is 33.2 Å². The maximum Gasteiger partial charge on any atom is 0.306 e. The minimum absolute atomic E-state index is 0.0372. The van der Waals surface area contributed by atoms with Crippen LogP contribution in [0.4, 0.5) is 5.69 Å². The number of esters is 2. The molecule has 0 amide bonds. The van der Waals surface area contributed by atoms with Gasteiger partial charge in [0.25, 0.3) is 0 Å².